The lowest BCUT2D eigenvalue weighted by molar-refractivity contribution is 0.0989. The lowest BCUT2D eigenvalue weighted by atomic mass is 10.0. The summed E-state index contributed by atoms with van der Waals surface area (Å²) in [7, 11) is 0. The number of carbonyl (C=O) groups is 1. The third kappa shape index (κ3) is 2.36. The van der Waals surface area contributed by atoms with Crippen molar-refractivity contribution in [2.24, 2.45) is 0 Å². The minimum Gasteiger partial charge on any atom is -0.488 e. The van der Waals surface area contributed by atoms with Crippen molar-refractivity contribution < 1.29 is 9.53 Å². The van der Waals surface area contributed by atoms with Crippen LogP contribution >= 0.6 is 11.3 Å². The van der Waals surface area contributed by atoms with E-state index in [1.165, 1.54) is 16.0 Å². The van der Waals surface area contributed by atoms with Crippen molar-refractivity contribution in [3.63, 3.8) is 0 Å². The van der Waals surface area contributed by atoms with Crippen molar-refractivity contribution in [2.75, 3.05) is 11.4 Å². The minimum atomic E-state index is 0.103. The molecule has 130 valence electrons. The van der Waals surface area contributed by atoms with E-state index in [1.54, 1.807) is 11.3 Å². The van der Waals surface area contributed by atoms with Gasteiger partial charge in [0.2, 0.25) is 0 Å². The molecule has 4 heteroatoms. The fourth-order valence-electron chi connectivity index (χ4n) is 3.94. The molecule has 0 saturated carbocycles. The van der Waals surface area contributed by atoms with E-state index in [0.717, 1.165) is 46.8 Å². The Kier molecular flexibility index (Phi) is 3.61. The van der Waals surface area contributed by atoms with Crippen molar-refractivity contribution in [1.82, 2.24) is 0 Å². The second kappa shape index (κ2) is 5.99. The number of rotatable bonds is 1. The van der Waals surface area contributed by atoms with Crippen LogP contribution in [0.5, 0.6) is 5.75 Å². The maximum Gasteiger partial charge on any atom is 0.268 e. The van der Waals surface area contributed by atoms with Crippen LogP contribution in [0.4, 0.5) is 5.69 Å². The number of ether oxygens (including phenoxy) is 1. The number of anilines is 1. The highest BCUT2D eigenvalue weighted by atomic mass is 32.1. The van der Waals surface area contributed by atoms with Crippen molar-refractivity contribution in [3.8, 4) is 16.2 Å². The summed E-state index contributed by atoms with van der Waals surface area (Å²) < 4.78 is 5.91. The van der Waals surface area contributed by atoms with E-state index in [9.17, 15) is 4.79 Å². The molecule has 2 aromatic carbocycles. The summed E-state index contributed by atoms with van der Waals surface area (Å²) in [5.41, 5.74) is 5.76. The molecule has 26 heavy (non-hydrogen) atoms. The Bertz CT molecular complexity index is 1020. The zero-order valence-electron chi connectivity index (χ0n) is 14.6. The van der Waals surface area contributed by atoms with Crippen LogP contribution in [0.2, 0.25) is 0 Å². The maximum absolute atomic E-state index is 13.3. The van der Waals surface area contributed by atoms with Crippen molar-refractivity contribution in [3.05, 3.63) is 70.1 Å². The first-order chi connectivity index (χ1) is 12.7. The van der Waals surface area contributed by atoms with Crippen LogP contribution < -0.4 is 9.64 Å². The standard InChI is InChI=1S/C22H19NO2S/c1-14-6-4-10-18-20(14)21-16(13-25-18)12-19(26-21)22(24)23-11-5-8-15-7-2-3-9-17(15)23/h2-4,6-7,9-10,12H,5,8,11,13H2,1H3. The van der Waals surface area contributed by atoms with Crippen LogP contribution in [0, 0.1) is 6.92 Å². The molecule has 0 radical (unpaired) electrons. The molecule has 3 heterocycles. The van der Waals surface area contributed by atoms with Gasteiger partial charge in [0.05, 0.1) is 4.88 Å². The lowest BCUT2D eigenvalue weighted by Gasteiger charge is -2.29. The molecule has 0 unspecified atom stereocenters. The third-order valence-corrected chi connectivity index (χ3v) is 6.40. The number of carbonyl (C=O) groups excluding carboxylic acids is 1. The van der Waals surface area contributed by atoms with Gasteiger partial charge in [-0.05, 0) is 49.1 Å². The third-order valence-electron chi connectivity index (χ3n) is 5.22. The predicted molar refractivity (Wildman–Crippen MR) is 105 cm³/mol. The largest absolute Gasteiger partial charge is 0.488 e. The van der Waals surface area contributed by atoms with Gasteiger partial charge >= 0.3 is 0 Å². The number of thiophene rings is 1. The molecular formula is C22H19NO2S. The van der Waals surface area contributed by atoms with E-state index in [2.05, 4.69) is 25.1 Å². The van der Waals surface area contributed by atoms with Gasteiger partial charge in [0.25, 0.3) is 5.91 Å². The summed E-state index contributed by atoms with van der Waals surface area (Å²) in [6.07, 6.45) is 2.06. The van der Waals surface area contributed by atoms with Gasteiger partial charge < -0.3 is 9.64 Å². The monoisotopic (exact) mass is 361 g/mol. The molecule has 2 aliphatic heterocycles. The predicted octanol–water partition coefficient (Wildman–Crippen LogP) is 5.21. The quantitative estimate of drug-likeness (QED) is 0.595. The summed E-state index contributed by atoms with van der Waals surface area (Å²) in [5, 5.41) is 0. The van der Waals surface area contributed by atoms with E-state index in [0.29, 0.717) is 6.61 Å². The molecule has 0 fully saturated rings. The SMILES string of the molecule is Cc1cccc2c1-c1sc(C(=O)N3CCCc4ccccc43)cc1CO2. The van der Waals surface area contributed by atoms with E-state index >= 15 is 0 Å². The number of hydrogen-bond acceptors (Lipinski definition) is 3. The van der Waals surface area contributed by atoms with Crippen LogP contribution in [0.15, 0.2) is 48.5 Å². The molecule has 1 amide bonds. The smallest absolute Gasteiger partial charge is 0.268 e. The zero-order valence-corrected chi connectivity index (χ0v) is 15.4. The van der Waals surface area contributed by atoms with Crippen LogP contribution in [0.3, 0.4) is 0 Å². The summed E-state index contributed by atoms with van der Waals surface area (Å²) in [6, 6.07) is 16.4. The van der Waals surface area contributed by atoms with Gasteiger partial charge in [0, 0.05) is 28.2 Å². The van der Waals surface area contributed by atoms with Gasteiger partial charge in [0.1, 0.15) is 12.4 Å². The maximum atomic E-state index is 13.3. The van der Waals surface area contributed by atoms with Crippen molar-refractivity contribution in [1.29, 1.82) is 0 Å². The number of nitrogens with zero attached hydrogens (tertiary/aromatic N) is 1. The highest BCUT2D eigenvalue weighted by Gasteiger charge is 2.28. The molecule has 0 bridgehead atoms. The summed E-state index contributed by atoms with van der Waals surface area (Å²) in [6.45, 7) is 3.41. The fourth-order valence-corrected chi connectivity index (χ4v) is 5.17. The zero-order chi connectivity index (χ0) is 17.7. The number of para-hydroxylation sites is 1. The van der Waals surface area contributed by atoms with Gasteiger partial charge in [-0.1, -0.05) is 30.3 Å². The average molecular weight is 361 g/mol. The van der Waals surface area contributed by atoms with Crippen LogP contribution in [0.25, 0.3) is 10.4 Å². The normalized spacial score (nSPS) is 14.9. The second-order valence-electron chi connectivity index (χ2n) is 6.89. The van der Waals surface area contributed by atoms with E-state index in [1.807, 2.05) is 35.2 Å². The highest BCUT2D eigenvalue weighted by Crippen LogP contribution is 2.44. The summed E-state index contributed by atoms with van der Waals surface area (Å²) in [5.74, 6) is 1.02. The van der Waals surface area contributed by atoms with Crippen LogP contribution in [-0.4, -0.2) is 12.5 Å². The molecular weight excluding hydrogens is 342 g/mol. The highest BCUT2D eigenvalue weighted by molar-refractivity contribution is 7.17. The minimum absolute atomic E-state index is 0.103. The number of amides is 1. The molecule has 1 aromatic heterocycles. The first kappa shape index (κ1) is 15.6. The Morgan fingerprint density at radius 2 is 2.00 bits per heavy atom. The summed E-state index contributed by atoms with van der Waals surface area (Å²) in [4.78, 5) is 17.2. The molecule has 0 N–H and O–H groups in total. The first-order valence-electron chi connectivity index (χ1n) is 8.97. The number of hydrogen-bond donors (Lipinski definition) is 0. The van der Waals surface area contributed by atoms with E-state index in [-0.39, 0.29) is 5.91 Å². The van der Waals surface area contributed by atoms with Gasteiger partial charge in [-0.2, -0.15) is 0 Å². The molecule has 2 aliphatic rings. The molecule has 0 saturated heterocycles. The first-order valence-corrected chi connectivity index (χ1v) is 9.79. The molecule has 3 nitrogen and oxygen atoms in total. The molecule has 0 spiro atoms. The summed E-state index contributed by atoms with van der Waals surface area (Å²) >= 11 is 1.60. The fraction of sp³-hybridized carbons (Fsp3) is 0.227. The van der Waals surface area contributed by atoms with Crippen molar-refractivity contribution >= 4 is 22.9 Å². The van der Waals surface area contributed by atoms with Crippen LogP contribution in [0.1, 0.15) is 32.8 Å². The van der Waals surface area contributed by atoms with Gasteiger partial charge in [-0.3, -0.25) is 4.79 Å². The number of benzene rings is 2. The topological polar surface area (TPSA) is 29.5 Å². The lowest BCUT2D eigenvalue weighted by Crippen LogP contribution is -2.34. The molecule has 5 rings (SSSR count). The Morgan fingerprint density at radius 3 is 2.92 bits per heavy atom. The van der Waals surface area contributed by atoms with E-state index in [4.69, 9.17) is 4.74 Å². The van der Waals surface area contributed by atoms with E-state index < -0.39 is 0 Å². The number of aryl methyl sites for hydroxylation is 2. The second-order valence-corrected chi connectivity index (χ2v) is 7.94. The van der Waals surface area contributed by atoms with Crippen molar-refractivity contribution in [2.45, 2.75) is 26.4 Å². The van der Waals surface area contributed by atoms with Gasteiger partial charge in [0.15, 0.2) is 0 Å². The van der Waals surface area contributed by atoms with Gasteiger partial charge in [-0.15, -0.1) is 11.3 Å². The Balaban J connectivity index is 1.56. The molecule has 0 aliphatic carbocycles. The number of fused-ring (bicyclic) bond motifs is 4. The molecule has 0 atom stereocenters. The van der Waals surface area contributed by atoms with Crippen LogP contribution in [-0.2, 0) is 13.0 Å². The van der Waals surface area contributed by atoms with Gasteiger partial charge in [-0.25, -0.2) is 0 Å². The Labute approximate surface area is 156 Å². The molecule has 3 aromatic rings. The Morgan fingerprint density at radius 1 is 1.12 bits per heavy atom. The average Bonchev–Trinajstić information content (AvgIpc) is 3.11. The Hall–Kier alpha value is -2.59.